The van der Waals surface area contributed by atoms with Crippen LogP contribution in [0, 0.1) is 5.92 Å². The van der Waals surface area contributed by atoms with Gasteiger partial charge in [0.1, 0.15) is 12.2 Å². The van der Waals surface area contributed by atoms with Crippen molar-refractivity contribution in [3.63, 3.8) is 0 Å². The van der Waals surface area contributed by atoms with Gasteiger partial charge in [-0.1, -0.05) is 12.7 Å². The summed E-state index contributed by atoms with van der Waals surface area (Å²) in [5.74, 6) is -4.55. The molecular formula is C23H29ClO10. The van der Waals surface area contributed by atoms with Crippen LogP contribution in [0.3, 0.4) is 0 Å². The molecule has 3 aliphatic rings. The minimum atomic E-state index is -2.14. The maximum Gasteiger partial charge on any atom is 0.339 e. The standard InChI is InChI=1S/C23H29ClO10/c1-10-14-16(33-21(28)23(5,29)11(2)24)15(31-12(3)25)13(20(27)30-6)8-7-9-22(4)18(34-22)17(14)32-19(10)26/h8,11,14-18,29H,1,7,9H2,2-6H3/b13-8-/t11-,14-,15+,16+,17+,18+,22-,23+/m1/s1. The maximum absolute atomic E-state index is 13.0. The average Bonchev–Trinajstić information content (AvgIpc) is 3.34. The van der Waals surface area contributed by atoms with Crippen molar-refractivity contribution in [2.24, 2.45) is 5.92 Å². The molecule has 0 spiro atoms. The minimum Gasteiger partial charge on any atom is -0.466 e. The first-order valence-electron chi connectivity index (χ1n) is 10.8. The number of rotatable bonds is 5. The molecule has 1 N–H and O–H groups in total. The number of carbonyl (C=O) groups is 4. The smallest absolute Gasteiger partial charge is 0.339 e. The molecule has 3 rings (SSSR count). The van der Waals surface area contributed by atoms with E-state index in [0.29, 0.717) is 12.8 Å². The fraction of sp³-hybridized carbons (Fsp3) is 0.652. The fourth-order valence-electron chi connectivity index (χ4n) is 4.28. The number of hydrogen-bond donors (Lipinski definition) is 1. The van der Waals surface area contributed by atoms with Crippen molar-refractivity contribution in [1.29, 1.82) is 0 Å². The Labute approximate surface area is 202 Å². The molecule has 2 heterocycles. The van der Waals surface area contributed by atoms with Crippen LogP contribution in [0.25, 0.3) is 0 Å². The summed E-state index contributed by atoms with van der Waals surface area (Å²) in [6, 6.07) is 0. The number of epoxide rings is 1. The predicted octanol–water partition coefficient (Wildman–Crippen LogP) is 1.36. The highest BCUT2D eigenvalue weighted by Gasteiger charge is 2.65. The van der Waals surface area contributed by atoms with E-state index in [0.717, 1.165) is 21.0 Å². The number of aliphatic hydroxyl groups is 1. The van der Waals surface area contributed by atoms with E-state index < -0.39 is 70.8 Å². The number of fused-ring (bicyclic) bond motifs is 3. The largest absolute Gasteiger partial charge is 0.466 e. The van der Waals surface area contributed by atoms with Gasteiger partial charge in [-0.25, -0.2) is 14.4 Å². The van der Waals surface area contributed by atoms with E-state index in [9.17, 15) is 24.3 Å². The highest BCUT2D eigenvalue weighted by molar-refractivity contribution is 6.22. The Morgan fingerprint density at radius 3 is 2.56 bits per heavy atom. The first kappa shape index (κ1) is 26.2. The summed E-state index contributed by atoms with van der Waals surface area (Å²) in [6.07, 6.45) is -2.12. The van der Waals surface area contributed by atoms with Gasteiger partial charge in [-0.15, -0.1) is 11.6 Å². The van der Waals surface area contributed by atoms with Crippen molar-refractivity contribution in [3.05, 3.63) is 23.8 Å². The molecule has 0 unspecified atom stereocenters. The maximum atomic E-state index is 13.0. The molecule has 11 heteroatoms. The van der Waals surface area contributed by atoms with E-state index in [1.807, 2.05) is 6.92 Å². The summed E-state index contributed by atoms with van der Waals surface area (Å²) in [4.78, 5) is 50.3. The van der Waals surface area contributed by atoms with Crippen molar-refractivity contribution in [2.45, 2.75) is 81.5 Å². The van der Waals surface area contributed by atoms with Crippen LogP contribution >= 0.6 is 11.6 Å². The summed E-state index contributed by atoms with van der Waals surface area (Å²) in [5.41, 5.74) is -2.95. The van der Waals surface area contributed by atoms with Crippen LogP contribution in [-0.2, 0) is 42.9 Å². The molecule has 10 nitrogen and oxygen atoms in total. The molecule has 8 atom stereocenters. The van der Waals surface area contributed by atoms with Gasteiger partial charge in [-0.2, -0.15) is 0 Å². The van der Waals surface area contributed by atoms with Crippen LogP contribution in [-0.4, -0.2) is 77.1 Å². The first-order chi connectivity index (χ1) is 15.7. The lowest BCUT2D eigenvalue weighted by atomic mass is 9.80. The second kappa shape index (κ2) is 9.31. The Kier molecular flexibility index (Phi) is 7.17. The molecule has 0 aromatic heterocycles. The second-order valence-corrected chi connectivity index (χ2v) is 9.78. The van der Waals surface area contributed by atoms with E-state index >= 15 is 0 Å². The van der Waals surface area contributed by atoms with Crippen molar-refractivity contribution >= 4 is 35.5 Å². The number of carbonyl (C=O) groups excluding carboxylic acids is 4. The van der Waals surface area contributed by atoms with Gasteiger partial charge in [0.2, 0.25) is 0 Å². The Morgan fingerprint density at radius 1 is 1.35 bits per heavy atom. The molecular weight excluding hydrogens is 472 g/mol. The fourth-order valence-corrected chi connectivity index (χ4v) is 4.37. The quantitative estimate of drug-likeness (QED) is 0.193. The number of allylic oxidation sites excluding steroid dienone is 1. The number of alkyl halides is 1. The number of esters is 4. The molecule has 34 heavy (non-hydrogen) atoms. The predicted molar refractivity (Wildman–Crippen MR) is 116 cm³/mol. The lowest BCUT2D eigenvalue weighted by Gasteiger charge is -2.35. The lowest BCUT2D eigenvalue weighted by molar-refractivity contribution is -0.184. The molecule has 0 bridgehead atoms. The summed E-state index contributed by atoms with van der Waals surface area (Å²) in [7, 11) is 1.15. The van der Waals surface area contributed by atoms with Crippen LogP contribution in [0.1, 0.15) is 40.5 Å². The molecule has 0 aromatic carbocycles. The molecule has 188 valence electrons. The van der Waals surface area contributed by atoms with Crippen molar-refractivity contribution in [3.8, 4) is 0 Å². The molecule has 1 aliphatic carbocycles. The second-order valence-electron chi connectivity index (χ2n) is 9.13. The van der Waals surface area contributed by atoms with Crippen molar-refractivity contribution in [1.82, 2.24) is 0 Å². The van der Waals surface area contributed by atoms with Gasteiger partial charge in [0, 0.05) is 12.5 Å². The third-order valence-corrected chi connectivity index (χ3v) is 7.03. The summed E-state index contributed by atoms with van der Waals surface area (Å²) in [5, 5.41) is 9.54. The topological polar surface area (TPSA) is 138 Å². The zero-order valence-electron chi connectivity index (χ0n) is 19.7. The van der Waals surface area contributed by atoms with E-state index in [1.54, 1.807) is 0 Å². The molecule has 0 saturated carbocycles. The van der Waals surface area contributed by atoms with Gasteiger partial charge < -0.3 is 28.8 Å². The van der Waals surface area contributed by atoms with Crippen molar-refractivity contribution in [2.75, 3.05) is 7.11 Å². The Bertz CT molecular complexity index is 938. The first-order valence-corrected chi connectivity index (χ1v) is 11.3. The van der Waals surface area contributed by atoms with Gasteiger partial charge in [0.05, 0.1) is 29.6 Å². The highest BCUT2D eigenvalue weighted by Crippen LogP contribution is 2.50. The van der Waals surface area contributed by atoms with E-state index in [-0.39, 0.29) is 11.1 Å². The summed E-state index contributed by atoms with van der Waals surface area (Å²) >= 11 is 5.98. The summed E-state index contributed by atoms with van der Waals surface area (Å²) in [6.45, 7) is 9.30. The van der Waals surface area contributed by atoms with Crippen LogP contribution < -0.4 is 0 Å². The third kappa shape index (κ3) is 4.71. The Balaban J connectivity index is 2.18. The number of halogens is 1. The van der Waals surface area contributed by atoms with Crippen LogP contribution in [0.4, 0.5) is 0 Å². The zero-order chi connectivity index (χ0) is 25.6. The zero-order valence-corrected chi connectivity index (χ0v) is 20.4. The van der Waals surface area contributed by atoms with Gasteiger partial charge in [-0.05, 0) is 33.6 Å². The molecule has 2 fully saturated rings. The van der Waals surface area contributed by atoms with Gasteiger partial charge in [0.15, 0.2) is 17.8 Å². The van der Waals surface area contributed by atoms with Gasteiger partial charge in [-0.3, -0.25) is 4.79 Å². The minimum absolute atomic E-state index is 0.0545. The highest BCUT2D eigenvalue weighted by atomic mass is 35.5. The van der Waals surface area contributed by atoms with Crippen molar-refractivity contribution < 1.29 is 48.0 Å². The number of methoxy groups -OCH3 is 1. The van der Waals surface area contributed by atoms with Crippen LogP contribution in [0.2, 0.25) is 0 Å². The van der Waals surface area contributed by atoms with Crippen LogP contribution in [0.5, 0.6) is 0 Å². The van der Waals surface area contributed by atoms with Gasteiger partial charge in [0.25, 0.3) is 0 Å². The normalized spacial score (nSPS) is 36.9. The van der Waals surface area contributed by atoms with E-state index in [4.69, 9.17) is 35.3 Å². The molecule has 2 aliphatic heterocycles. The third-order valence-electron chi connectivity index (χ3n) is 6.61. The number of ether oxygens (including phenoxy) is 5. The number of hydrogen-bond acceptors (Lipinski definition) is 10. The SMILES string of the molecule is C=C1C(=O)O[C@H]2[C@H]1[C@H](OC(=O)[C@@](C)(O)[C@@H](C)Cl)[C@@H](OC(C)=O)/C(C(=O)OC)=C/CC[C@@]1(C)O[C@@H]21. The van der Waals surface area contributed by atoms with E-state index in [2.05, 4.69) is 6.58 Å². The Morgan fingerprint density at radius 2 is 2.00 bits per heavy atom. The van der Waals surface area contributed by atoms with Gasteiger partial charge >= 0.3 is 23.9 Å². The Hall–Kier alpha value is -2.43. The summed E-state index contributed by atoms with van der Waals surface area (Å²) < 4.78 is 27.4. The van der Waals surface area contributed by atoms with E-state index in [1.165, 1.54) is 13.0 Å². The molecule has 0 aromatic rings. The molecule has 0 amide bonds. The average molecular weight is 501 g/mol. The lowest BCUT2D eigenvalue weighted by Crippen LogP contribution is -2.52. The molecule has 2 saturated heterocycles. The van der Waals surface area contributed by atoms with Crippen LogP contribution in [0.15, 0.2) is 23.8 Å². The molecule has 0 radical (unpaired) electrons. The monoisotopic (exact) mass is 500 g/mol.